The number of rotatable bonds is 5. The van der Waals surface area contributed by atoms with Crippen LogP contribution in [0.25, 0.3) is 0 Å². The number of aliphatic hydroxyl groups is 1. The summed E-state index contributed by atoms with van der Waals surface area (Å²) in [6.45, 7) is 2.97. The molecule has 23 heavy (non-hydrogen) atoms. The molecular weight excluding hydrogens is 294 g/mol. The smallest absolute Gasteiger partial charge is 0.316 e. The quantitative estimate of drug-likeness (QED) is 0.655. The van der Waals surface area contributed by atoms with E-state index in [0.717, 1.165) is 24.9 Å². The van der Waals surface area contributed by atoms with Crippen LogP contribution in [0.2, 0.25) is 0 Å². The molecule has 6 atom stereocenters. The van der Waals surface area contributed by atoms with Crippen LogP contribution in [0.5, 0.6) is 0 Å². The first-order chi connectivity index (χ1) is 11.2. The minimum Gasteiger partial charge on any atom is -0.462 e. The van der Waals surface area contributed by atoms with Gasteiger partial charge in [0.25, 0.3) is 0 Å². The molecule has 3 fully saturated rings. The highest BCUT2D eigenvalue weighted by molar-refractivity contribution is 5.78. The Morgan fingerprint density at radius 2 is 1.96 bits per heavy atom. The van der Waals surface area contributed by atoms with Crippen LogP contribution in [-0.4, -0.2) is 59.5 Å². The molecule has 0 radical (unpaired) electrons. The van der Waals surface area contributed by atoms with Crippen LogP contribution in [0, 0.1) is 0 Å². The summed E-state index contributed by atoms with van der Waals surface area (Å²) in [5.41, 5.74) is 0.806. The van der Waals surface area contributed by atoms with Gasteiger partial charge in [-0.2, -0.15) is 0 Å². The first-order valence-electron chi connectivity index (χ1n) is 8.50. The van der Waals surface area contributed by atoms with Crippen LogP contribution < -0.4 is 0 Å². The summed E-state index contributed by atoms with van der Waals surface area (Å²) in [7, 11) is 0. The fourth-order valence-electron chi connectivity index (χ4n) is 4.37. The van der Waals surface area contributed by atoms with Crippen LogP contribution >= 0.6 is 0 Å². The number of epoxide rings is 1. The lowest BCUT2D eigenvalue weighted by Crippen LogP contribution is -2.50. The van der Waals surface area contributed by atoms with Crippen LogP contribution in [0.1, 0.15) is 31.2 Å². The highest BCUT2D eigenvalue weighted by atomic mass is 16.6. The van der Waals surface area contributed by atoms with Gasteiger partial charge in [-0.05, 0) is 12.1 Å². The maximum absolute atomic E-state index is 12.5. The van der Waals surface area contributed by atoms with Gasteiger partial charge in [-0.3, -0.25) is 9.69 Å². The summed E-state index contributed by atoms with van der Waals surface area (Å²) in [6, 6.07) is 10.1. The Morgan fingerprint density at radius 1 is 1.30 bits per heavy atom. The topological polar surface area (TPSA) is 62.3 Å². The van der Waals surface area contributed by atoms with Crippen molar-refractivity contribution in [2.45, 2.75) is 56.1 Å². The normalized spacial score (nSPS) is 36.3. The second-order valence-electron chi connectivity index (χ2n) is 6.71. The van der Waals surface area contributed by atoms with Crippen molar-refractivity contribution in [2.24, 2.45) is 0 Å². The SMILES string of the molecule is CCN1[C@@H]2CC(OC(=O)C(CO)c3ccccc3)C[C@H]1[C@@H]1O[C@@H]12. The molecule has 3 saturated heterocycles. The van der Waals surface area contributed by atoms with E-state index in [0.29, 0.717) is 24.3 Å². The molecule has 0 aliphatic carbocycles. The van der Waals surface area contributed by atoms with E-state index < -0.39 is 5.92 Å². The van der Waals surface area contributed by atoms with Crippen LogP contribution in [0.15, 0.2) is 30.3 Å². The van der Waals surface area contributed by atoms with E-state index in [4.69, 9.17) is 9.47 Å². The number of piperidine rings is 1. The number of carbonyl (C=O) groups is 1. The Hall–Kier alpha value is -1.43. The Labute approximate surface area is 136 Å². The van der Waals surface area contributed by atoms with E-state index in [-0.39, 0.29) is 18.7 Å². The molecule has 0 amide bonds. The summed E-state index contributed by atoms with van der Waals surface area (Å²) in [4.78, 5) is 15.0. The zero-order valence-electron chi connectivity index (χ0n) is 13.3. The number of hydrogen-bond donors (Lipinski definition) is 1. The lowest BCUT2D eigenvalue weighted by atomic mass is 9.97. The molecule has 0 saturated carbocycles. The van der Waals surface area contributed by atoms with Crippen molar-refractivity contribution in [3.05, 3.63) is 35.9 Å². The van der Waals surface area contributed by atoms with E-state index in [1.165, 1.54) is 0 Å². The van der Waals surface area contributed by atoms with E-state index in [9.17, 15) is 9.90 Å². The molecule has 1 aromatic rings. The third-order valence-corrected chi connectivity index (χ3v) is 5.50. The monoisotopic (exact) mass is 317 g/mol. The molecular formula is C18H23NO4. The summed E-state index contributed by atoms with van der Waals surface area (Å²) in [5.74, 6) is -0.911. The highest BCUT2D eigenvalue weighted by Crippen LogP contribution is 2.48. The maximum atomic E-state index is 12.5. The third-order valence-electron chi connectivity index (χ3n) is 5.50. The first kappa shape index (κ1) is 15.1. The van der Waals surface area contributed by atoms with Crippen LogP contribution in [0.3, 0.4) is 0 Å². The fourth-order valence-corrected chi connectivity index (χ4v) is 4.37. The van der Waals surface area contributed by atoms with Crippen molar-refractivity contribution < 1.29 is 19.4 Å². The van der Waals surface area contributed by atoms with Gasteiger partial charge in [0.2, 0.25) is 0 Å². The molecule has 1 aromatic carbocycles. The summed E-state index contributed by atoms with van der Waals surface area (Å²) in [6.07, 6.45) is 2.29. The number of hydrogen-bond acceptors (Lipinski definition) is 5. The van der Waals surface area contributed by atoms with Crippen molar-refractivity contribution in [2.75, 3.05) is 13.2 Å². The van der Waals surface area contributed by atoms with Gasteiger partial charge in [-0.15, -0.1) is 0 Å². The Balaban J connectivity index is 1.42. The number of nitrogens with zero attached hydrogens (tertiary/aromatic N) is 1. The van der Waals surface area contributed by atoms with E-state index in [1.807, 2.05) is 30.3 Å². The highest BCUT2D eigenvalue weighted by Gasteiger charge is 2.63. The molecule has 0 aromatic heterocycles. The number of fused-ring (bicyclic) bond motifs is 5. The van der Waals surface area contributed by atoms with Gasteiger partial charge in [0, 0.05) is 24.9 Å². The van der Waals surface area contributed by atoms with Crippen molar-refractivity contribution in [3.8, 4) is 0 Å². The molecule has 3 heterocycles. The van der Waals surface area contributed by atoms with Gasteiger partial charge < -0.3 is 14.6 Å². The number of likely N-dealkylation sites (N-methyl/N-ethyl adjacent to an activating group) is 1. The molecule has 124 valence electrons. The fraction of sp³-hybridized carbons (Fsp3) is 0.611. The second-order valence-corrected chi connectivity index (χ2v) is 6.71. The van der Waals surface area contributed by atoms with Crippen LogP contribution in [0.4, 0.5) is 0 Å². The van der Waals surface area contributed by atoms with E-state index >= 15 is 0 Å². The largest absolute Gasteiger partial charge is 0.462 e. The molecule has 5 nitrogen and oxygen atoms in total. The van der Waals surface area contributed by atoms with Crippen LogP contribution in [-0.2, 0) is 14.3 Å². The Morgan fingerprint density at radius 3 is 2.52 bits per heavy atom. The van der Waals surface area contributed by atoms with Gasteiger partial charge in [0.15, 0.2) is 0 Å². The molecule has 1 N–H and O–H groups in total. The van der Waals surface area contributed by atoms with Gasteiger partial charge >= 0.3 is 5.97 Å². The van der Waals surface area contributed by atoms with Gasteiger partial charge in [0.05, 0.1) is 6.61 Å². The van der Waals surface area contributed by atoms with E-state index in [1.54, 1.807) is 0 Å². The first-order valence-corrected chi connectivity index (χ1v) is 8.50. The van der Waals surface area contributed by atoms with Crippen molar-refractivity contribution in [1.29, 1.82) is 0 Å². The van der Waals surface area contributed by atoms with Gasteiger partial charge in [-0.1, -0.05) is 37.3 Å². The third kappa shape index (κ3) is 2.57. The zero-order valence-corrected chi connectivity index (χ0v) is 13.3. The summed E-state index contributed by atoms with van der Waals surface area (Å²) in [5, 5.41) is 9.60. The minimum atomic E-state index is -0.594. The average molecular weight is 317 g/mol. The lowest BCUT2D eigenvalue weighted by molar-refractivity contribution is -0.157. The maximum Gasteiger partial charge on any atom is 0.316 e. The molecule has 3 aliphatic rings. The van der Waals surface area contributed by atoms with Crippen molar-refractivity contribution in [3.63, 3.8) is 0 Å². The average Bonchev–Trinajstić information content (AvgIpc) is 3.32. The number of carbonyl (C=O) groups excluding carboxylic acids is 1. The predicted molar refractivity (Wildman–Crippen MR) is 84.0 cm³/mol. The predicted octanol–water partition coefficient (Wildman–Crippen LogP) is 1.31. The molecule has 3 aliphatic heterocycles. The second kappa shape index (κ2) is 5.89. The number of aliphatic hydroxyl groups excluding tert-OH is 1. The van der Waals surface area contributed by atoms with E-state index in [2.05, 4.69) is 11.8 Å². The number of benzene rings is 1. The minimum absolute atomic E-state index is 0.0607. The summed E-state index contributed by atoms with van der Waals surface area (Å²) >= 11 is 0. The van der Waals surface area contributed by atoms with Crippen molar-refractivity contribution >= 4 is 5.97 Å². The number of ether oxygens (including phenoxy) is 2. The lowest BCUT2D eigenvalue weighted by Gasteiger charge is -2.40. The molecule has 4 rings (SSSR count). The van der Waals surface area contributed by atoms with Crippen molar-refractivity contribution in [1.82, 2.24) is 4.90 Å². The zero-order chi connectivity index (χ0) is 16.0. The molecule has 2 bridgehead atoms. The number of morpholine rings is 1. The van der Waals surface area contributed by atoms with Gasteiger partial charge in [-0.25, -0.2) is 0 Å². The Kier molecular flexibility index (Phi) is 3.87. The molecule has 0 spiro atoms. The number of esters is 1. The Bertz CT molecular complexity index is 560. The standard InChI is InChI=1S/C18H23NO4/c1-2-19-14-8-12(9-15(19)17-16(14)23-17)22-18(21)13(10-20)11-6-4-3-5-7-11/h3-7,12-17,20H,2,8-10H2,1H3/t12?,13?,14-,15+,16-,17+. The van der Waals surface area contributed by atoms with Gasteiger partial charge in [0.1, 0.15) is 24.2 Å². The summed E-state index contributed by atoms with van der Waals surface area (Å²) < 4.78 is 11.5. The molecule has 2 unspecified atom stereocenters. The molecule has 5 heteroatoms.